The van der Waals surface area contributed by atoms with Crippen LogP contribution >= 0.6 is 0 Å². The van der Waals surface area contributed by atoms with Crippen molar-refractivity contribution >= 4 is 0 Å². The molecule has 0 aromatic heterocycles. The standard InChI is InChI=1S/C22H35N/c1-5-22(3)16-17(2)20-15-19(13-14-21(20)23(22)4)12-11-18-9-7-6-8-10-18/h6-10,17,19-21H,5,11-16H2,1-4H3. The fourth-order valence-electron chi connectivity index (χ4n) is 5.43. The lowest BCUT2D eigenvalue weighted by molar-refractivity contribution is -0.0615. The maximum Gasteiger partial charge on any atom is 0.0181 e. The summed E-state index contributed by atoms with van der Waals surface area (Å²) in [5.41, 5.74) is 1.94. The fourth-order valence-corrected chi connectivity index (χ4v) is 5.43. The van der Waals surface area contributed by atoms with E-state index in [0.717, 1.165) is 23.8 Å². The normalized spacial score (nSPS) is 38.3. The van der Waals surface area contributed by atoms with Crippen molar-refractivity contribution in [1.29, 1.82) is 0 Å². The molecule has 128 valence electrons. The molecule has 0 radical (unpaired) electrons. The summed E-state index contributed by atoms with van der Waals surface area (Å²) < 4.78 is 0. The molecule has 1 saturated carbocycles. The highest BCUT2D eigenvalue weighted by Gasteiger charge is 2.46. The van der Waals surface area contributed by atoms with E-state index in [0.29, 0.717) is 5.54 Å². The summed E-state index contributed by atoms with van der Waals surface area (Å²) >= 11 is 0. The second kappa shape index (κ2) is 6.97. The second-order valence-corrected chi connectivity index (χ2v) is 8.58. The lowest BCUT2D eigenvalue weighted by Gasteiger charge is -2.56. The van der Waals surface area contributed by atoms with Crippen molar-refractivity contribution in [3.8, 4) is 0 Å². The number of fused-ring (bicyclic) bond motifs is 1. The molecule has 2 fully saturated rings. The average Bonchev–Trinajstić information content (AvgIpc) is 2.59. The van der Waals surface area contributed by atoms with E-state index in [1.807, 2.05) is 0 Å². The van der Waals surface area contributed by atoms with Crippen LogP contribution in [0.2, 0.25) is 0 Å². The smallest absolute Gasteiger partial charge is 0.0181 e. The number of hydrogen-bond acceptors (Lipinski definition) is 1. The Labute approximate surface area is 143 Å². The van der Waals surface area contributed by atoms with E-state index in [4.69, 9.17) is 0 Å². The van der Waals surface area contributed by atoms with Crippen LogP contribution in [0.15, 0.2) is 30.3 Å². The Kier molecular flexibility index (Phi) is 5.16. The van der Waals surface area contributed by atoms with Crippen molar-refractivity contribution in [2.45, 2.75) is 77.3 Å². The highest BCUT2D eigenvalue weighted by Crippen LogP contribution is 2.47. The summed E-state index contributed by atoms with van der Waals surface area (Å²) in [5, 5.41) is 0. The molecule has 3 rings (SSSR count). The lowest BCUT2D eigenvalue weighted by Crippen LogP contribution is -2.59. The minimum absolute atomic E-state index is 0.428. The van der Waals surface area contributed by atoms with Crippen LogP contribution in [0.3, 0.4) is 0 Å². The average molecular weight is 314 g/mol. The Morgan fingerprint density at radius 3 is 2.61 bits per heavy atom. The second-order valence-electron chi connectivity index (χ2n) is 8.58. The van der Waals surface area contributed by atoms with Crippen molar-refractivity contribution in [3.63, 3.8) is 0 Å². The van der Waals surface area contributed by atoms with Crippen LogP contribution in [0.1, 0.15) is 64.9 Å². The predicted octanol–water partition coefficient (Wildman–Crippen LogP) is 5.54. The van der Waals surface area contributed by atoms with Crippen molar-refractivity contribution in [2.24, 2.45) is 17.8 Å². The molecule has 0 bridgehead atoms. The Bertz CT molecular complexity index is 496. The molecule has 1 nitrogen and oxygen atoms in total. The third-order valence-corrected chi connectivity index (χ3v) is 7.26. The Hall–Kier alpha value is -0.820. The zero-order chi connectivity index (χ0) is 16.4. The number of rotatable bonds is 4. The molecule has 1 aromatic rings. The van der Waals surface area contributed by atoms with Gasteiger partial charge in [-0.3, -0.25) is 4.90 Å². The molecule has 0 spiro atoms. The van der Waals surface area contributed by atoms with Crippen LogP contribution in [0.5, 0.6) is 0 Å². The largest absolute Gasteiger partial charge is 0.298 e. The van der Waals surface area contributed by atoms with Gasteiger partial charge >= 0.3 is 0 Å². The van der Waals surface area contributed by atoms with E-state index in [1.54, 1.807) is 0 Å². The van der Waals surface area contributed by atoms with Gasteiger partial charge in [0.05, 0.1) is 0 Å². The zero-order valence-corrected chi connectivity index (χ0v) is 15.6. The minimum Gasteiger partial charge on any atom is -0.298 e. The van der Waals surface area contributed by atoms with E-state index >= 15 is 0 Å². The summed E-state index contributed by atoms with van der Waals surface area (Å²) in [6.45, 7) is 7.38. The van der Waals surface area contributed by atoms with Gasteiger partial charge in [0.25, 0.3) is 0 Å². The van der Waals surface area contributed by atoms with Gasteiger partial charge in [-0.15, -0.1) is 0 Å². The quantitative estimate of drug-likeness (QED) is 0.705. The minimum atomic E-state index is 0.428. The van der Waals surface area contributed by atoms with Crippen LogP contribution < -0.4 is 0 Å². The molecule has 0 amide bonds. The molecule has 1 heterocycles. The van der Waals surface area contributed by atoms with Crippen LogP contribution in [0.4, 0.5) is 0 Å². The van der Waals surface area contributed by atoms with Crippen molar-refractivity contribution in [3.05, 3.63) is 35.9 Å². The molecular formula is C22H35N. The fraction of sp³-hybridized carbons (Fsp3) is 0.727. The van der Waals surface area contributed by atoms with E-state index in [1.165, 1.54) is 50.5 Å². The third-order valence-electron chi connectivity index (χ3n) is 7.26. The molecule has 1 aliphatic heterocycles. The van der Waals surface area contributed by atoms with E-state index in [9.17, 15) is 0 Å². The molecule has 5 unspecified atom stereocenters. The van der Waals surface area contributed by atoms with Gasteiger partial charge in [-0.2, -0.15) is 0 Å². The summed E-state index contributed by atoms with van der Waals surface area (Å²) in [5.74, 6) is 2.76. The topological polar surface area (TPSA) is 3.24 Å². The van der Waals surface area contributed by atoms with Gasteiger partial charge in [-0.25, -0.2) is 0 Å². The molecule has 0 N–H and O–H groups in total. The van der Waals surface area contributed by atoms with Crippen molar-refractivity contribution < 1.29 is 0 Å². The van der Waals surface area contributed by atoms with Gasteiger partial charge in [-0.05, 0) is 82.2 Å². The number of piperidine rings is 1. The first-order valence-corrected chi connectivity index (χ1v) is 9.80. The Morgan fingerprint density at radius 2 is 1.91 bits per heavy atom. The van der Waals surface area contributed by atoms with Crippen LogP contribution in [-0.2, 0) is 6.42 Å². The molecule has 5 atom stereocenters. The monoisotopic (exact) mass is 313 g/mol. The number of aryl methyl sites for hydroxylation is 1. The van der Waals surface area contributed by atoms with Crippen LogP contribution in [-0.4, -0.2) is 23.5 Å². The van der Waals surface area contributed by atoms with Gasteiger partial charge in [0.1, 0.15) is 0 Å². The summed E-state index contributed by atoms with van der Waals surface area (Å²) in [6, 6.07) is 11.9. The summed E-state index contributed by atoms with van der Waals surface area (Å²) in [6.07, 6.45) is 9.63. The maximum atomic E-state index is 2.76. The zero-order valence-electron chi connectivity index (χ0n) is 15.6. The first-order valence-electron chi connectivity index (χ1n) is 9.80. The van der Waals surface area contributed by atoms with Crippen LogP contribution in [0, 0.1) is 17.8 Å². The number of likely N-dealkylation sites (tertiary alicyclic amines) is 1. The number of hydrogen-bond donors (Lipinski definition) is 0. The molecule has 1 aromatic carbocycles. The molecule has 2 aliphatic rings. The molecule has 1 saturated heterocycles. The van der Waals surface area contributed by atoms with Crippen molar-refractivity contribution in [1.82, 2.24) is 4.90 Å². The van der Waals surface area contributed by atoms with E-state index in [-0.39, 0.29) is 0 Å². The van der Waals surface area contributed by atoms with Gasteiger partial charge in [0.15, 0.2) is 0 Å². The summed E-state index contributed by atoms with van der Waals surface area (Å²) in [7, 11) is 2.40. The molecule has 1 aliphatic carbocycles. The summed E-state index contributed by atoms with van der Waals surface area (Å²) in [4.78, 5) is 2.76. The first kappa shape index (κ1) is 17.0. The van der Waals surface area contributed by atoms with Crippen molar-refractivity contribution in [2.75, 3.05) is 7.05 Å². The third kappa shape index (κ3) is 3.50. The highest BCUT2D eigenvalue weighted by atomic mass is 15.2. The molecule has 23 heavy (non-hydrogen) atoms. The first-order chi connectivity index (χ1) is 11.0. The lowest BCUT2D eigenvalue weighted by atomic mass is 9.64. The Balaban J connectivity index is 1.60. The van der Waals surface area contributed by atoms with Gasteiger partial charge in [0.2, 0.25) is 0 Å². The molecule has 1 heteroatoms. The SMILES string of the molecule is CCC1(C)CC(C)C2CC(CCc3ccccc3)CCC2N1C. The van der Waals surface area contributed by atoms with E-state index in [2.05, 4.69) is 63.1 Å². The highest BCUT2D eigenvalue weighted by molar-refractivity contribution is 5.14. The van der Waals surface area contributed by atoms with E-state index < -0.39 is 0 Å². The van der Waals surface area contributed by atoms with Gasteiger partial charge in [-0.1, -0.05) is 44.2 Å². The van der Waals surface area contributed by atoms with Crippen LogP contribution in [0.25, 0.3) is 0 Å². The maximum absolute atomic E-state index is 2.76. The molecular weight excluding hydrogens is 278 g/mol. The predicted molar refractivity (Wildman–Crippen MR) is 99.6 cm³/mol. The Morgan fingerprint density at radius 1 is 1.17 bits per heavy atom. The van der Waals surface area contributed by atoms with Gasteiger partial charge < -0.3 is 0 Å². The van der Waals surface area contributed by atoms with Gasteiger partial charge in [0, 0.05) is 11.6 Å². The number of benzene rings is 1. The number of nitrogens with zero attached hydrogens (tertiary/aromatic N) is 1.